The molecule has 0 fully saturated rings. The fraction of sp³-hybridized carbons (Fsp3) is 0.125. The summed E-state index contributed by atoms with van der Waals surface area (Å²) in [7, 11) is 0. The third-order valence-electron chi connectivity index (χ3n) is 2.83. The van der Waals surface area contributed by atoms with Gasteiger partial charge in [-0.3, -0.25) is 0 Å². The van der Waals surface area contributed by atoms with Gasteiger partial charge in [0.25, 0.3) is 0 Å². The zero-order valence-electron chi connectivity index (χ0n) is 10.8. The first-order valence-electron chi connectivity index (χ1n) is 5.90. The van der Waals surface area contributed by atoms with Gasteiger partial charge in [-0.15, -0.1) is 0 Å². The first-order chi connectivity index (χ1) is 9.10. The maximum Gasteiger partial charge on any atom is 0.343 e. The minimum Gasteiger partial charge on any atom is -0.423 e. The standard InChI is InChI=1S/C16H13NO2/c1-11-3-6-13(7-4-11)16(18)19-15-8-5-12(2)14(9-15)10-17/h3-9H,1-2H3. The largest absolute Gasteiger partial charge is 0.423 e. The number of aryl methyl sites for hydroxylation is 2. The summed E-state index contributed by atoms with van der Waals surface area (Å²) in [6.45, 7) is 3.79. The summed E-state index contributed by atoms with van der Waals surface area (Å²) in [5.74, 6) is -0.0412. The van der Waals surface area contributed by atoms with Crippen molar-refractivity contribution < 1.29 is 9.53 Å². The monoisotopic (exact) mass is 251 g/mol. The van der Waals surface area contributed by atoms with Gasteiger partial charge >= 0.3 is 5.97 Å². The summed E-state index contributed by atoms with van der Waals surface area (Å²) in [5, 5.41) is 8.93. The number of esters is 1. The van der Waals surface area contributed by atoms with E-state index in [2.05, 4.69) is 6.07 Å². The molecule has 3 nitrogen and oxygen atoms in total. The molecule has 0 heterocycles. The van der Waals surface area contributed by atoms with Crippen LogP contribution in [-0.2, 0) is 0 Å². The van der Waals surface area contributed by atoms with E-state index in [0.717, 1.165) is 11.1 Å². The highest BCUT2D eigenvalue weighted by Gasteiger charge is 2.09. The molecule has 3 heteroatoms. The van der Waals surface area contributed by atoms with Gasteiger partial charge < -0.3 is 4.74 Å². The number of carbonyl (C=O) groups is 1. The molecule has 0 aliphatic carbocycles. The van der Waals surface area contributed by atoms with E-state index in [4.69, 9.17) is 10.00 Å². The van der Waals surface area contributed by atoms with E-state index in [1.165, 1.54) is 0 Å². The third-order valence-corrected chi connectivity index (χ3v) is 2.83. The Labute approximate surface area is 112 Å². The Morgan fingerprint density at radius 3 is 2.42 bits per heavy atom. The Morgan fingerprint density at radius 1 is 1.11 bits per heavy atom. The number of nitriles is 1. The predicted octanol–water partition coefficient (Wildman–Crippen LogP) is 3.39. The fourth-order valence-electron chi connectivity index (χ4n) is 1.64. The average molecular weight is 251 g/mol. The number of hydrogen-bond acceptors (Lipinski definition) is 3. The molecule has 0 aliphatic rings. The Hall–Kier alpha value is -2.60. The first kappa shape index (κ1) is 12.8. The minimum atomic E-state index is -0.423. The van der Waals surface area contributed by atoms with Gasteiger partial charge in [-0.05, 0) is 43.7 Å². The van der Waals surface area contributed by atoms with Crippen LogP contribution in [0, 0.1) is 25.2 Å². The number of hydrogen-bond donors (Lipinski definition) is 0. The number of nitrogens with zero attached hydrogens (tertiary/aromatic N) is 1. The molecule has 94 valence electrons. The van der Waals surface area contributed by atoms with Gasteiger partial charge in [0.05, 0.1) is 17.2 Å². The molecule has 0 saturated heterocycles. The van der Waals surface area contributed by atoms with Crippen LogP contribution in [0.2, 0.25) is 0 Å². The average Bonchev–Trinajstić information content (AvgIpc) is 2.41. The zero-order chi connectivity index (χ0) is 13.8. The van der Waals surface area contributed by atoms with Gasteiger partial charge in [0, 0.05) is 0 Å². The van der Waals surface area contributed by atoms with Gasteiger partial charge in [0.15, 0.2) is 0 Å². The molecular formula is C16H13NO2. The highest BCUT2D eigenvalue weighted by atomic mass is 16.5. The number of rotatable bonds is 2. The lowest BCUT2D eigenvalue weighted by Crippen LogP contribution is -2.08. The first-order valence-corrected chi connectivity index (χ1v) is 5.90. The fourth-order valence-corrected chi connectivity index (χ4v) is 1.64. The Kier molecular flexibility index (Phi) is 3.63. The Morgan fingerprint density at radius 2 is 1.79 bits per heavy atom. The van der Waals surface area contributed by atoms with Gasteiger partial charge in [0.1, 0.15) is 5.75 Å². The molecule has 19 heavy (non-hydrogen) atoms. The van der Waals surface area contributed by atoms with E-state index < -0.39 is 5.97 Å². The van der Waals surface area contributed by atoms with Crippen LogP contribution in [0.25, 0.3) is 0 Å². The second kappa shape index (κ2) is 5.36. The number of benzene rings is 2. The van der Waals surface area contributed by atoms with Crippen molar-refractivity contribution in [3.05, 3.63) is 64.7 Å². The van der Waals surface area contributed by atoms with Crippen LogP contribution in [0.3, 0.4) is 0 Å². The van der Waals surface area contributed by atoms with Crippen LogP contribution in [0.4, 0.5) is 0 Å². The quantitative estimate of drug-likeness (QED) is 0.607. The van der Waals surface area contributed by atoms with Crippen molar-refractivity contribution in [3.8, 4) is 11.8 Å². The molecule has 0 atom stereocenters. The van der Waals surface area contributed by atoms with Crippen LogP contribution in [-0.4, -0.2) is 5.97 Å². The Bertz CT molecular complexity index is 651. The van der Waals surface area contributed by atoms with E-state index in [0.29, 0.717) is 16.9 Å². The second-order valence-electron chi connectivity index (χ2n) is 4.34. The summed E-state index contributed by atoms with van der Waals surface area (Å²) >= 11 is 0. The lowest BCUT2D eigenvalue weighted by atomic mass is 10.1. The summed E-state index contributed by atoms with van der Waals surface area (Å²) in [4.78, 5) is 11.9. The van der Waals surface area contributed by atoms with E-state index in [9.17, 15) is 4.79 Å². The molecule has 0 spiro atoms. The molecule has 2 rings (SSSR count). The topological polar surface area (TPSA) is 50.1 Å². The molecule has 0 aromatic heterocycles. The van der Waals surface area contributed by atoms with Gasteiger partial charge in [0.2, 0.25) is 0 Å². The number of carbonyl (C=O) groups excluding carboxylic acids is 1. The van der Waals surface area contributed by atoms with Crippen LogP contribution in [0.1, 0.15) is 27.0 Å². The van der Waals surface area contributed by atoms with Crippen LogP contribution in [0.5, 0.6) is 5.75 Å². The summed E-state index contributed by atoms with van der Waals surface area (Å²) in [5.41, 5.74) is 2.94. The van der Waals surface area contributed by atoms with Crippen molar-refractivity contribution in [3.63, 3.8) is 0 Å². The van der Waals surface area contributed by atoms with Crippen molar-refractivity contribution in [1.82, 2.24) is 0 Å². The molecule has 2 aromatic rings. The summed E-state index contributed by atoms with van der Waals surface area (Å²) in [6.07, 6.45) is 0. The molecule has 0 aliphatic heterocycles. The lowest BCUT2D eigenvalue weighted by molar-refractivity contribution is 0.0734. The molecule has 0 saturated carbocycles. The van der Waals surface area contributed by atoms with Crippen molar-refractivity contribution in [1.29, 1.82) is 5.26 Å². The highest BCUT2D eigenvalue weighted by molar-refractivity contribution is 5.91. The van der Waals surface area contributed by atoms with Gasteiger partial charge in [-0.2, -0.15) is 5.26 Å². The Balaban J connectivity index is 2.20. The molecular weight excluding hydrogens is 238 g/mol. The molecule has 0 bridgehead atoms. The minimum absolute atomic E-state index is 0.382. The third kappa shape index (κ3) is 2.99. The van der Waals surface area contributed by atoms with Crippen molar-refractivity contribution in [2.75, 3.05) is 0 Å². The molecule has 0 unspecified atom stereocenters. The molecule has 0 radical (unpaired) electrons. The van der Waals surface area contributed by atoms with E-state index in [1.54, 1.807) is 30.3 Å². The SMILES string of the molecule is Cc1ccc(C(=O)Oc2ccc(C)c(C#N)c2)cc1. The highest BCUT2D eigenvalue weighted by Crippen LogP contribution is 2.18. The van der Waals surface area contributed by atoms with Crippen molar-refractivity contribution in [2.24, 2.45) is 0 Å². The van der Waals surface area contributed by atoms with Crippen LogP contribution < -0.4 is 4.74 Å². The lowest BCUT2D eigenvalue weighted by Gasteiger charge is -2.06. The van der Waals surface area contributed by atoms with Crippen LogP contribution >= 0.6 is 0 Å². The van der Waals surface area contributed by atoms with Gasteiger partial charge in [-0.25, -0.2) is 4.79 Å². The van der Waals surface area contributed by atoms with E-state index in [1.807, 2.05) is 26.0 Å². The maximum atomic E-state index is 11.9. The number of ether oxygens (including phenoxy) is 1. The predicted molar refractivity (Wildman–Crippen MR) is 72.0 cm³/mol. The molecule has 2 aromatic carbocycles. The molecule has 0 amide bonds. The molecule has 0 N–H and O–H groups in total. The smallest absolute Gasteiger partial charge is 0.343 e. The van der Waals surface area contributed by atoms with E-state index in [-0.39, 0.29) is 0 Å². The normalized spacial score (nSPS) is 9.74. The van der Waals surface area contributed by atoms with Crippen molar-refractivity contribution >= 4 is 5.97 Å². The van der Waals surface area contributed by atoms with Crippen molar-refractivity contribution in [2.45, 2.75) is 13.8 Å². The summed E-state index contributed by atoms with van der Waals surface area (Å²) in [6, 6.07) is 14.2. The summed E-state index contributed by atoms with van der Waals surface area (Å²) < 4.78 is 5.25. The van der Waals surface area contributed by atoms with Gasteiger partial charge in [-0.1, -0.05) is 23.8 Å². The van der Waals surface area contributed by atoms with Crippen LogP contribution in [0.15, 0.2) is 42.5 Å². The second-order valence-corrected chi connectivity index (χ2v) is 4.34. The zero-order valence-corrected chi connectivity index (χ0v) is 10.8. The van der Waals surface area contributed by atoms with E-state index >= 15 is 0 Å². The maximum absolute atomic E-state index is 11.9.